The monoisotopic (exact) mass is 291 g/mol. The van der Waals surface area contributed by atoms with Gasteiger partial charge >= 0.3 is 0 Å². The van der Waals surface area contributed by atoms with Crippen LogP contribution < -0.4 is 5.73 Å². The van der Waals surface area contributed by atoms with Crippen molar-refractivity contribution in [2.75, 3.05) is 0 Å². The van der Waals surface area contributed by atoms with Gasteiger partial charge in [0.1, 0.15) is 5.82 Å². The van der Waals surface area contributed by atoms with Crippen LogP contribution in [0.4, 0.5) is 4.39 Å². The van der Waals surface area contributed by atoms with Crippen LogP contribution in [0.3, 0.4) is 0 Å². The molecule has 82 valence electrons. The summed E-state index contributed by atoms with van der Waals surface area (Å²) in [4.78, 5) is 0. The Morgan fingerprint density at radius 2 is 1.93 bits per heavy atom. The Kier molecular flexibility index (Phi) is 3.06. The molecular weight excluding hydrogens is 280 g/mol. The zero-order valence-electron chi connectivity index (χ0n) is 8.19. The van der Waals surface area contributed by atoms with Gasteiger partial charge in [0.25, 0.3) is 0 Å². The third-order valence-electron chi connectivity index (χ3n) is 3.04. The third kappa shape index (κ3) is 1.93. The average Bonchev–Trinajstić information content (AvgIpc) is 2.60. The summed E-state index contributed by atoms with van der Waals surface area (Å²) in [5.41, 5.74) is 6.10. The molecule has 1 fully saturated rings. The lowest BCUT2D eigenvalue weighted by Gasteiger charge is -2.26. The summed E-state index contributed by atoms with van der Waals surface area (Å²) in [5.74, 6) is -0.299. The van der Waals surface area contributed by atoms with E-state index < -0.39 is 5.54 Å². The van der Waals surface area contributed by atoms with Crippen molar-refractivity contribution < 1.29 is 4.39 Å². The van der Waals surface area contributed by atoms with Gasteiger partial charge < -0.3 is 5.73 Å². The molecule has 1 aliphatic carbocycles. The normalized spacial score (nSPS) is 19.5. The molecule has 2 rings (SSSR count). The Morgan fingerprint density at radius 1 is 1.33 bits per heavy atom. The molecule has 2 N–H and O–H groups in total. The van der Waals surface area contributed by atoms with E-state index in [0.29, 0.717) is 15.1 Å². The first kappa shape index (κ1) is 11.4. The van der Waals surface area contributed by atoms with E-state index in [2.05, 4.69) is 15.9 Å². The molecule has 0 aliphatic heterocycles. The Labute approximate surface area is 102 Å². The molecular formula is C11H12BrClFN. The average molecular weight is 293 g/mol. The molecule has 1 aromatic rings. The minimum absolute atomic E-state index is 0.299. The van der Waals surface area contributed by atoms with E-state index in [1.165, 1.54) is 6.07 Å². The fraction of sp³-hybridized carbons (Fsp3) is 0.455. The van der Waals surface area contributed by atoms with Crippen molar-refractivity contribution in [3.8, 4) is 0 Å². The zero-order chi connectivity index (χ0) is 11.1. The highest BCUT2D eigenvalue weighted by Crippen LogP contribution is 2.42. The molecule has 0 unspecified atom stereocenters. The molecule has 0 aromatic heterocycles. The number of nitrogens with two attached hydrogens (primary N) is 1. The minimum atomic E-state index is -0.578. The smallest absolute Gasteiger partial charge is 0.129 e. The molecule has 4 heteroatoms. The zero-order valence-corrected chi connectivity index (χ0v) is 10.5. The summed E-state index contributed by atoms with van der Waals surface area (Å²) in [7, 11) is 0. The second-order valence-corrected chi connectivity index (χ2v) is 5.31. The molecule has 1 aliphatic rings. The van der Waals surface area contributed by atoms with Crippen molar-refractivity contribution in [3.63, 3.8) is 0 Å². The van der Waals surface area contributed by atoms with Gasteiger partial charge in [-0.25, -0.2) is 4.39 Å². The first-order valence-electron chi connectivity index (χ1n) is 4.97. The molecule has 0 radical (unpaired) electrons. The maximum absolute atomic E-state index is 13.7. The first-order chi connectivity index (χ1) is 7.04. The fourth-order valence-corrected chi connectivity index (χ4v) is 2.91. The summed E-state index contributed by atoms with van der Waals surface area (Å²) in [6.45, 7) is 0. The van der Waals surface area contributed by atoms with E-state index in [0.717, 1.165) is 25.7 Å². The van der Waals surface area contributed by atoms with Crippen LogP contribution in [0.5, 0.6) is 0 Å². The van der Waals surface area contributed by atoms with Gasteiger partial charge in [0.05, 0.1) is 5.02 Å². The molecule has 0 saturated heterocycles. The molecule has 0 heterocycles. The second kappa shape index (κ2) is 4.04. The highest BCUT2D eigenvalue weighted by Gasteiger charge is 2.35. The van der Waals surface area contributed by atoms with E-state index in [9.17, 15) is 4.39 Å². The Bertz CT molecular complexity index is 388. The Hall–Kier alpha value is -0.120. The van der Waals surface area contributed by atoms with E-state index in [1.54, 1.807) is 6.07 Å². The Balaban J connectivity index is 2.55. The molecule has 0 bridgehead atoms. The van der Waals surface area contributed by atoms with Crippen LogP contribution in [0.25, 0.3) is 0 Å². The van der Waals surface area contributed by atoms with Crippen molar-refractivity contribution in [2.24, 2.45) is 5.73 Å². The van der Waals surface area contributed by atoms with Crippen LogP contribution in [0.2, 0.25) is 5.02 Å². The summed E-state index contributed by atoms with van der Waals surface area (Å²) in [6, 6.07) is 3.03. The molecule has 15 heavy (non-hydrogen) atoms. The van der Waals surface area contributed by atoms with Crippen molar-refractivity contribution in [1.82, 2.24) is 0 Å². The van der Waals surface area contributed by atoms with E-state index in [4.69, 9.17) is 17.3 Å². The van der Waals surface area contributed by atoms with Gasteiger partial charge in [-0.2, -0.15) is 0 Å². The van der Waals surface area contributed by atoms with Gasteiger partial charge in [-0.3, -0.25) is 0 Å². The van der Waals surface area contributed by atoms with Gasteiger partial charge in [0.2, 0.25) is 0 Å². The van der Waals surface area contributed by atoms with Crippen LogP contribution in [-0.2, 0) is 5.54 Å². The minimum Gasteiger partial charge on any atom is -0.321 e. The number of hydrogen-bond acceptors (Lipinski definition) is 1. The molecule has 1 saturated carbocycles. The maximum atomic E-state index is 13.7. The van der Waals surface area contributed by atoms with Crippen LogP contribution in [-0.4, -0.2) is 0 Å². The predicted octanol–water partition coefficient (Wildman–Crippen LogP) is 3.97. The van der Waals surface area contributed by atoms with Gasteiger partial charge in [0.15, 0.2) is 0 Å². The largest absolute Gasteiger partial charge is 0.321 e. The maximum Gasteiger partial charge on any atom is 0.129 e. The number of rotatable bonds is 1. The molecule has 1 aromatic carbocycles. The highest BCUT2D eigenvalue weighted by atomic mass is 79.9. The number of halogens is 3. The first-order valence-corrected chi connectivity index (χ1v) is 6.14. The molecule has 0 spiro atoms. The third-order valence-corrected chi connectivity index (χ3v) is 4.32. The summed E-state index contributed by atoms with van der Waals surface area (Å²) in [5, 5.41) is 0.416. The van der Waals surface area contributed by atoms with Crippen LogP contribution in [0.1, 0.15) is 31.2 Å². The van der Waals surface area contributed by atoms with Crippen LogP contribution in [0, 0.1) is 5.82 Å². The summed E-state index contributed by atoms with van der Waals surface area (Å²) < 4.78 is 14.4. The van der Waals surface area contributed by atoms with Crippen molar-refractivity contribution >= 4 is 27.5 Å². The van der Waals surface area contributed by atoms with Gasteiger partial charge in [-0.05, 0) is 40.9 Å². The lowest BCUT2D eigenvalue weighted by molar-refractivity contribution is 0.433. The lowest BCUT2D eigenvalue weighted by atomic mass is 9.89. The predicted molar refractivity (Wildman–Crippen MR) is 63.4 cm³/mol. The molecule has 1 nitrogen and oxygen atoms in total. The van der Waals surface area contributed by atoms with Crippen molar-refractivity contribution in [1.29, 1.82) is 0 Å². The van der Waals surface area contributed by atoms with Gasteiger partial charge in [0, 0.05) is 15.6 Å². The molecule has 0 amide bonds. The number of benzene rings is 1. The topological polar surface area (TPSA) is 26.0 Å². The highest BCUT2D eigenvalue weighted by molar-refractivity contribution is 9.10. The van der Waals surface area contributed by atoms with E-state index in [1.807, 2.05) is 0 Å². The van der Waals surface area contributed by atoms with E-state index in [-0.39, 0.29) is 5.82 Å². The Morgan fingerprint density at radius 3 is 2.53 bits per heavy atom. The molecule has 0 atom stereocenters. The van der Waals surface area contributed by atoms with Crippen molar-refractivity contribution in [2.45, 2.75) is 31.2 Å². The summed E-state index contributed by atoms with van der Waals surface area (Å²) >= 11 is 9.40. The number of hydrogen-bond donors (Lipinski definition) is 1. The van der Waals surface area contributed by atoms with Crippen LogP contribution >= 0.6 is 27.5 Å². The quantitative estimate of drug-likeness (QED) is 0.779. The van der Waals surface area contributed by atoms with Crippen molar-refractivity contribution in [3.05, 3.63) is 33.0 Å². The van der Waals surface area contributed by atoms with Crippen LogP contribution in [0.15, 0.2) is 16.6 Å². The SMILES string of the molecule is NC1(c2c(F)ccc(Br)c2Cl)CCCC1. The fourth-order valence-electron chi connectivity index (χ4n) is 2.24. The van der Waals surface area contributed by atoms with Gasteiger partial charge in [-0.15, -0.1) is 0 Å². The standard InChI is InChI=1S/C11H12BrClFN/c12-7-3-4-8(14)9(10(7)13)11(15)5-1-2-6-11/h3-4H,1-2,5-6,15H2. The second-order valence-electron chi connectivity index (χ2n) is 4.08. The van der Waals surface area contributed by atoms with Gasteiger partial charge in [-0.1, -0.05) is 24.4 Å². The summed E-state index contributed by atoms with van der Waals surface area (Å²) in [6.07, 6.45) is 3.69. The van der Waals surface area contributed by atoms with E-state index >= 15 is 0 Å². The lowest BCUT2D eigenvalue weighted by Crippen LogP contribution is -2.34.